The number of hydrogen-bond donors (Lipinski definition) is 1. The van der Waals surface area contributed by atoms with Gasteiger partial charge in [0.15, 0.2) is 11.8 Å². The quantitative estimate of drug-likeness (QED) is 0.605. The molecule has 0 bridgehead atoms. The minimum Gasteiger partial charge on any atom is -0.376 e. The molecule has 1 unspecified atom stereocenters. The largest absolute Gasteiger partial charge is 0.376 e. The summed E-state index contributed by atoms with van der Waals surface area (Å²) in [4.78, 5) is 7.08. The standard InChI is InChI=1S/C18H32N6O2/c1-4-19-18(20-12-17-22-21-14(2)23(17)3)24-9-7-15(8-10-24)26-13-16-6-5-11-25-16/h15-16H,4-13H2,1-3H3,(H,19,20). The van der Waals surface area contributed by atoms with Gasteiger partial charge in [0, 0.05) is 33.3 Å². The van der Waals surface area contributed by atoms with Crippen molar-refractivity contribution in [3.63, 3.8) is 0 Å². The Hall–Kier alpha value is -1.67. The highest BCUT2D eigenvalue weighted by Crippen LogP contribution is 2.18. The van der Waals surface area contributed by atoms with E-state index in [1.54, 1.807) is 0 Å². The van der Waals surface area contributed by atoms with E-state index in [-0.39, 0.29) is 0 Å². The Kier molecular flexibility index (Phi) is 6.85. The third-order valence-electron chi connectivity index (χ3n) is 5.17. The lowest BCUT2D eigenvalue weighted by molar-refractivity contribution is -0.0367. The molecule has 0 aromatic carbocycles. The molecule has 1 aromatic heterocycles. The SMILES string of the molecule is CCNC(=NCc1nnc(C)n1C)N1CCC(OCC2CCCO2)CC1. The number of aliphatic imine (C=N–C) groups is 1. The number of aryl methyl sites for hydroxylation is 1. The highest BCUT2D eigenvalue weighted by atomic mass is 16.5. The van der Waals surface area contributed by atoms with Crippen molar-refractivity contribution in [1.82, 2.24) is 25.0 Å². The Morgan fingerprint density at radius 3 is 2.73 bits per heavy atom. The Balaban J connectivity index is 1.49. The van der Waals surface area contributed by atoms with Crippen molar-refractivity contribution < 1.29 is 9.47 Å². The minimum atomic E-state index is 0.307. The van der Waals surface area contributed by atoms with Crippen LogP contribution in [0.25, 0.3) is 0 Å². The van der Waals surface area contributed by atoms with Crippen LogP contribution in [0.1, 0.15) is 44.3 Å². The molecule has 2 saturated heterocycles. The van der Waals surface area contributed by atoms with Crippen LogP contribution in [0.5, 0.6) is 0 Å². The monoisotopic (exact) mass is 364 g/mol. The molecule has 146 valence electrons. The number of hydrogen-bond acceptors (Lipinski definition) is 5. The zero-order valence-electron chi connectivity index (χ0n) is 16.3. The van der Waals surface area contributed by atoms with Gasteiger partial charge < -0.3 is 24.3 Å². The number of rotatable bonds is 6. The lowest BCUT2D eigenvalue weighted by Gasteiger charge is -2.34. The Morgan fingerprint density at radius 1 is 1.31 bits per heavy atom. The van der Waals surface area contributed by atoms with Crippen LogP contribution in [0, 0.1) is 6.92 Å². The molecule has 8 nitrogen and oxygen atoms in total. The maximum atomic E-state index is 6.07. The molecule has 2 aliphatic rings. The predicted octanol–water partition coefficient (Wildman–Crippen LogP) is 1.25. The minimum absolute atomic E-state index is 0.307. The summed E-state index contributed by atoms with van der Waals surface area (Å²) >= 11 is 0. The molecular formula is C18H32N6O2. The van der Waals surface area contributed by atoms with Crippen molar-refractivity contribution in [3.8, 4) is 0 Å². The van der Waals surface area contributed by atoms with Gasteiger partial charge in [-0.1, -0.05) is 0 Å². The molecule has 2 aliphatic heterocycles. The van der Waals surface area contributed by atoms with Gasteiger partial charge in [0.1, 0.15) is 12.4 Å². The van der Waals surface area contributed by atoms with Crippen molar-refractivity contribution in [3.05, 3.63) is 11.6 Å². The van der Waals surface area contributed by atoms with E-state index < -0.39 is 0 Å². The van der Waals surface area contributed by atoms with E-state index in [1.165, 1.54) is 6.42 Å². The second-order valence-electron chi connectivity index (χ2n) is 7.05. The van der Waals surface area contributed by atoms with Crippen LogP contribution in [-0.2, 0) is 23.1 Å². The van der Waals surface area contributed by atoms with Crippen LogP contribution >= 0.6 is 0 Å². The van der Waals surface area contributed by atoms with Crippen LogP contribution in [0.15, 0.2) is 4.99 Å². The average molecular weight is 364 g/mol. The van der Waals surface area contributed by atoms with Crippen LogP contribution in [-0.4, -0.2) is 70.7 Å². The van der Waals surface area contributed by atoms with E-state index in [9.17, 15) is 0 Å². The first-order chi connectivity index (χ1) is 12.7. The summed E-state index contributed by atoms with van der Waals surface area (Å²) < 4.78 is 13.7. The lowest BCUT2D eigenvalue weighted by Crippen LogP contribution is -2.47. The fourth-order valence-electron chi connectivity index (χ4n) is 3.41. The number of likely N-dealkylation sites (tertiary alicyclic amines) is 1. The maximum Gasteiger partial charge on any atom is 0.194 e. The van der Waals surface area contributed by atoms with Crippen LogP contribution < -0.4 is 5.32 Å². The highest BCUT2D eigenvalue weighted by Gasteiger charge is 2.24. The molecule has 1 atom stereocenters. The molecule has 2 fully saturated rings. The Bertz CT molecular complexity index is 589. The normalized spacial score (nSPS) is 22.2. The first-order valence-electron chi connectivity index (χ1n) is 9.78. The molecule has 0 amide bonds. The number of ether oxygens (including phenoxy) is 2. The van der Waals surface area contributed by atoms with E-state index in [2.05, 4.69) is 27.3 Å². The van der Waals surface area contributed by atoms with E-state index in [0.717, 1.165) is 69.7 Å². The summed E-state index contributed by atoms with van der Waals surface area (Å²) in [6.07, 6.45) is 5.00. The van der Waals surface area contributed by atoms with Gasteiger partial charge in [-0.25, -0.2) is 4.99 Å². The van der Waals surface area contributed by atoms with E-state index >= 15 is 0 Å². The molecule has 26 heavy (non-hydrogen) atoms. The van der Waals surface area contributed by atoms with Crippen LogP contribution in [0.3, 0.4) is 0 Å². The summed E-state index contributed by atoms with van der Waals surface area (Å²) in [5, 5.41) is 11.7. The van der Waals surface area contributed by atoms with E-state index in [1.807, 2.05) is 18.5 Å². The topological polar surface area (TPSA) is 76.8 Å². The van der Waals surface area contributed by atoms with E-state index in [4.69, 9.17) is 14.5 Å². The third-order valence-corrected chi connectivity index (χ3v) is 5.17. The third kappa shape index (κ3) is 4.94. The number of nitrogens with one attached hydrogen (secondary N) is 1. The molecule has 8 heteroatoms. The molecule has 0 saturated carbocycles. The summed E-state index contributed by atoms with van der Waals surface area (Å²) in [7, 11) is 1.98. The van der Waals surface area contributed by atoms with Gasteiger partial charge in [0.05, 0.1) is 18.8 Å². The van der Waals surface area contributed by atoms with Crippen molar-refractivity contribution in [2.45, 2.75) is 58.3 Å². The highest BCUT2D eigenvalue weighted by molar-refractivity contribution is 5.80. The Morgan fingerprint density at radius 2 is 2.12 bits per heavy atom. The zero-order valence-corrected chi connectivity index (χ0v) is 16.3. The summed E-state index contributed by atoms with van der Waals surface area (Å²) in [6, 6.07) is 0. The molecule has 1 aromatic rings. The second kappa shape index (κ2) is 9.32. The summed E-state index contributed by atoms with van der Waals surface area (Å²) in [6.45, 7) is 8.98. The van der Waals surface area contributed by atoms with Crippen molar-refractivity contribution >= 4 is 5.96 Å². The van der Waals surface area contributed by atoms with Gasteiger partial charge >= 0.3 is 0 Å². The summed E-state index contributed by atoms with van der Waals surface area (Å²) in [5.74, 6) is 2.74. The van der Waals surface area contributed by atoms with Gasteiger partial charge in [-0.3, -0.25) is 0 Å². The van der Waals surface area contributed by atoms with E-state index in [0.29, 0.717) is 18.8 Å². The molecule has 0 radical (unpaired) electrons. The lowest BCUT2D eigenvalue weighted by atomic mass is 10.1. The van der Waals surface area contributed by atoms with Gasteiger partial charge in [0.2, 0.25) is 0 Å². The van der Waals surface area contributed by atoms with Crippen molar-refractivity contribution in [1.29, 1.82) is 0 Å². The zero-order chi connectivity index (χ0) is 18.4. The Labute approximate surface area is 156 Å². The van der Waals surface area contributed by atoms with Crippen molar-refractivity contribution in [2.75, 3.05) is 32.8 Å². The molecular weight excluding hydrogens is 332 g/mol. The number of nitrogens with zero attached hydrogens (tertiary/aromatic N) is 5. The first kappa shape index (κ1) is 19.1. The first-order valence-corrected chi connectivity index (χ1v) is 9.78. The molecule has 3 heterocycles. The molecule has 0 spiro atoms. The fraction of sp³-hybridized carbons (Fsp3) is 0.833. The second-order valence-corrected chi connectivity index (χ2v) is 7.05. The fourth-order valence-corrected chi connectivity index (χ4v) is 3.41. The number of piperidine rings is 1. The maximum absolute atomic E-state index is 6.07. The van der Waals surface area contributed by atoms with Gasteiger partial charge in [-0.05, 0) is 39.5 Å². The van der Waals surface area contributed by atoms with Crippen LogP contribution in [0.2, 0.25) is 0 Å². The summed E-state index contributed by atoms with van der Waals surface area (Å²) in [5.41, 5.74) is 0. The van der Waals surface area contributed by atoms with Gasteiger partial charge in [-0.2, -0.15) is 0 Å². The van der Waals surface area contributed by atoms with Gasteiger partial charge in [0.25, 0.3) is 0 Å². The van der Waals surface area contributed by atoms with Crippen LogP contribution in [0.4, 0.5) is 0 Å². The number of guanidine groups is 1. The average Bonchev–Trinajstić information content (AvgIpc) is 3.29. The number of aromatic nitrogens is 3. The molecule has 3 rings (SSSR count). The predicted molar refractivity (Wildman–Crippen MR) is 100 cm³/mol. The smallest absolute Gasteiger partial charge is 0.194 e. The van der Waals surface area contributed by atoms with Crippen molar-refractivity contribution in [2.24, 2.45) is 12.0 Å². The molecule has 1 N–H and O–H groups in total. The van der Waals surface area contributed by atoms with Gasteiger partial charge in [-0.15, -0.1) is 10.2 Å². The molecule has 0 aliphatic carbocycles.